The van der Waals surface area contributed by atoms with Crippen molar-refractivity contribution in [2.75, 3.05) is 0 Å². The van der Waals surface area contributed by atoms with Crippen molar-refractivity contribution in [2.24, 2.45) is 0 Å². The first-order chi connectivity index (χ1) is 6.52. The van der Waals surface area contributed by atoms with E-state index in [9.17, 15) is 0 Å². The first-order valence-electron chi connectivity index (χ1n) is 4.58. The molecule has 1 heterocycles. The van der Waals surface area contributed by atoms with Crippen LogP contribution in [0, 0.1) is 0 Å². The number of alkyl halides is 1. The quantitative estimate of drug-likeness (QED) is 0.706. The molecule has 14 heavy (non-hydrogen) atoms. The lowest BCUT2D eigenvalue weighted by atomic mass is 10.0. The Morgan fingerprint density at radius 1 is 1.50 bits per heavy atom. The third kappa shape index (κ3) is 1.78. The minimum Gasteiger partial charge on any atom is -0.487 e. The molecule has 0 bridgehead atoms. The van der Waals surface area contributed by atoms with Crippen molar-refractivity contribution in [3.63, 3.8) is 0 Å². The molecule has 0 saturated carbocycles. The molecule has 0 spiro atoms. The van der Waals surface area contributed by atoms with Gasteiger partial charge >= 0.3 is 0 Å². The van der Waals surface area contributed by atoms with E-state index in [4.69, 9.17) is 16.3 Å². The van der Waals surface area contributed by atoms with Crippen LogP contribution in [0.1, 0.15) is 25.0 Å². The average molecular weight is 276 g/mol. The first-order valence-corrected chi connectivity index (χ1v) is 5.91. The molecule has 0 aromatic heterocycles. The van der Waals surface area contributed by atoms with Crippen molar-refractivity contribution in [1.82, 2.24) is 0 Å². The average Bonchev–Trinajstić information content (AvgIpc) is 2.36. The summed E-state index contributed by atoms with van der Waals surface area (Å²) < 4.78 is 6.89. The molecule has 0 atom stereocenters. The molecule has 2 rings (SSSR count). The van der Waals surface area contributed by atoms with Crippen LogP contribution >= 0.6 is 27.5 Å². The Hall–Kier alpha value is -0.210. The zero-order valence-electron chi connectivity index (χ0n) is 8.23. The molecule has 0 amide bonds. The summed E-state index contributed by atoms with van der Waals surface area (Å²) >= 11 is 9.33. The Morgan fingerprint density at radius 2 is 2.21 bits per heavy atom. The Labute approximate surface area is 97.5 Å². The molecule has 0 saturated heterocycles. The van der Waals surface area contributed by atoms with Crippen molar-refractivity contribution in [3.05, 3.63) is 27.7 Å². The molecule has 1 aliphatic rings. The molecule has 1 aliphatic heterocycles. The van der Waals surface area contributed by atoms with Crippen LogP contribution < -0.4 is 4.74 Å². The summed E-state index contributed by atoms with van der Waals surface area (Å²) in [5.41, 5.74) is 2.27. The maximum Gasteiger partial charge on any atom is 0.123 e. The third-order valence-corrected chi connectivity index (χ3v) is 3.40. The second-order valence-corrected chi connectivity index (χ2v) is 5.35. The van der Waals surface area contributed by atoms with Gasteiger partial charge in [-0.2, -0.15) is 0 Å². The highest BCUT2D eigenvalue weighted by Crippen LogP contribution is 2.38. The van der Waals surface area contributed by atoms with E-state index < -0.39 is 0 Å². The Kier molecular flexibility index (Phi) is 2.52. The van der Waals surface area contributed by atoms with Gasteiger partial charge < -0.3 is 4.74 Å². The van der Waals surface area contributed by atoms with E-state index in [-0.39, 0.29) is 5.60 Å². The number of rotatable bonds is 1. The van der Waals surface area contributed by atoms with Crippen LogP contribution in [0.15, 0.2) is 16.6 Å². The van der Waals surface area contributed by atoms with Crippen molar-refractivity contribution >= 4 is 27.5 Å². The van der Waals surface area contributed by atoms with Crippen molar-refractivity contribution in [3.8, 4) is 5.75 Å². The first kappa shape index (κ1) is 10.3. The Morgan fingerprint density at radius 3 is 2.86 bits per heavy atom. The van der Waals surface area contributed by atoms with Gasteiger partial charge in [-0.25, -0.2) is 0 Å². The monoisotopic (exact) mass is 274 g/mol. The molecule has 1 aromatic rings. The number of ether oxygens (including phenoxy) is 1. The minimum absolute atomic E-state index is 0.0767. The standard InChI is InChI=1S/C11H12BrClO/c1-11(2)5-7-3-9(12)8(6-13)4-10(7)14-11/h3-4H,5-6H2,1-2H3. The van der Waals surface area contributed by atoms with E-state index >= 15 is 0 Å². The van der Waals surface area contributed by atoms with Gasteiger partial charge in [-0.15, -0.1) is 11.6 Å². The molecule has 0 aliphatic carbocycles. The number of hydrogen-bond acceptors (Lipinski definition) is 1. The van der Waals surface area contributed by atoms with Crippen LogP contribution in [0.25, 0.3) is 0 Å². The fourth-order valence-corrected chi connectivity index (χ4v) is 2.68. The summed E-state index contributed by atoms with van der Waals surface area (Å²) in [7, 11) is 0. The van der Waals surface area contributed by atoms with Crippen LogP contribution in [0.5, 0.6) is 5.75 Å². The number of benzene rings is 1. The maximum absolute atomic E-state index is 5.82. The third-order valence-electron chi connectivity index (χ3n) is 2.38. The number of hydrogen-bond donors (Lipinski definition) is 0. The van der Waals surface area contributed by atoms with Crippen molar-refractivity contribution in [2.45, 2.75) is 31.7 Å². The molecule has 76 valence electrons. The van der Waals surface area contributed by atoms with Gasteiger partial charge in [0, 0.05) is 16.8 Å². The second-order valence-electron chi connectivity index (χ2n) is 4.22. The molecule has 0 fully saturated rings. The van der Waals surface area contributed by atoms with Crippen molar-refractivity contribution in [1.29, 1.82) is 0 Å². The van der Waals surface area contributed by atoms with Gasteiger partial charge in [0.15, 0.2) is 0 Å². The highest BCUT2D eigenvalue weighted by molar-refractivity contribution is 9.10. The van der Waals surface area contributed by atoms with Crippen LogP contribution in [0.3, 0.4) is 0 Å². The fourth-order valence-electron chi connectivity index (χ4n) is 1.76. The molecule has 1 nitrogen and oxygen atoms in total. The lowest BCUT2D eigenvalue weighted by molar-refractivity contribution is 0.138. The van der Waals surface area contributed by atoms with Gasteiger partial charge in [0.2, 0.25) is 0 Å². The van der Waals surface area contributed by atoms with E-state index in [1.807, 2.05) is 6.07 Å². The predicted octanol–water partition coefficient (Wildman–Crippen LogP) is 3.90. The van der Waals surface area contributed by atoms with Gasteiger partial charge in [-0.05, 0) is 37.1 Å². The summed E-state index contributed by atoms with van der Waals surface area (Å²) in [6.07, 6.45) is 0.962. The zero-order chi connectivity index (χ0) is 10.3. The normalized spacial score (nSPS) is 17.7. The van der Waals surface area contributed by atoms with E-state index in [0.29, 0.717) is 5.88 Å². The lowest BCUT2D eigenvalue weighted by Gasteiger charge is -2.16. The SMILES string of the molecule is CC1(C)Cc2cc(Br)c(CCl)cc2O1. The van der Waals surface area contributed by atoms with Gasteiger partial charge in [0.05, 0.1) is 0 Å². The zero-order valence-corrected chi connectivity index (χ0v) is 10.6. The summed E-state index contributed by atoms with van der Waals surface area (Å²) in [6.45, 7) is 4.20. The summed E-state index contributed by atoms with van der Waals surface area (Å²) in [5.74, 6) is 1.49. The fraction of sp³-hybridized carbons (Fsp3) is 0.455. The molecule has 3 heteroatoms. The van der Waals surface area contributed by atoms with Gasteiger partial charge in [-0.1, -0.05) is 15.9 Å². The highest BCUT2D eigenvalue weighted by atomic mass is 79.9. The smallest absolute Gasteiger partial charge is 0.123 e. The van der Waals surface area contributed by atoms with E-state index in [0.717, 1.165) is 22.2 Å². The van der Waals surface area contributed by atoms with Gasteiger partial charge in [0.1, 0.15) is 11.4 Å². The molecule has 0 radical (unpaired) electrons. The predicted molar refractivity (Wildman–Crippen MR) is 62.1 cm³/mol. The Balaban J connectivity index is 2.44. The summed E-state index contributed by atoms with van der Waals surface area (Å²) in [4.78, 5) is 0. The lowest BCUT2D eigenvalue weighted by Crippen LogP contribution is -2.24. The second kappa shape index (κ2) is 3.42. The number of halogens is 2. The van der Waals surface area contributed by atoms with E-state index in [1.165, 1.54) is 5.56 Å². The Bertz CT molecular complexity index is 374. The maximum atomic E-state index is 5.82. The summed E-state index contributed by atoms with van der Waals surface area (Å²) in [5, 5.41) is 0. The van der Waals surface area contributed by atoms with Crippen LogP contribution in [0.4, 0.5) is 0 Å². The largest absolute Gasteiger partial charge is 0.487 e. The van der Waals surface area contributed by atoms with Crippen LogP contribution in [-0.2, 0) is 12.3 Å². The summed E-state index contributed by atoms with van der Waals surface area (Å²) in [6, 6.07) is 4.14. The molecule has 0 N–H and O–H groups in total. The van der Waals surface area contributed by atoms with E-state index in [2.05, 4.69) is 35.8 Å². The molecule has 1 aromatic carbocycles. The van der Waals surface area contributed by atoms with E-state index in [1.54, 1.807) is 0 Å². The van der Waals surface area contributed by atoms with Gasteiger partial charge in [-0.3, -0.25) is 0 Å². The number of fused-ring (bicyclic) bond motifs is 1. The topological polar surface area (TPSA) is 9.23 Å². The molecular formula is C11H12BrClO. The van der Waals surface area contributed by atoms with Crippen LogP contribution in [-0.4, -0.2) is 5.60 Å². The minimum atomic E-state index is -0.0767. The highest BCUT2D eigenvalue weighted by Gasteiger charge is 2.30. The molecule has 0 unspecified atom stereocenters. The van der Waals surface area contributed by atoms with Crippen molar-refractivity contribution < 1.29 is 4.74 Å². The molecular weight excluding hydrogens is 263 g/mol. The van der Waals surface area contributed by atoms with Crippen LogP contribution in [0.2, 0.25) is 0 Å². The van der Waals surface area contributed by atoms with Gasteiger partial charge in [0.25, 0.3) is 0 Å².